The highest BCUT2D eigenvalue weighted by atomic mass is 16.6. The summed E-state index contributed by atoms with van der Waals surface area (Å²) in [5, 5.41) is 0. The van der Waals surface area contributed by atoms with E-state index in [0.717, 1.165) is 12.1 Å². The molecule has 0 bridgehead atoms. The minimum absolute atomic E-state index is 0.275. The predicted octanol–water partition coefficient (Wildman–Crippen LogP) is 2.30. The van der Waals surface area contributed by atoms with Crippen LogP contribution in [0.4, 0.5) is 4.79 Å². The van der Waals surface area contributed by atoms with Gasteiger partial charge in [0.1, 0.15) is 5.60 Å². The number of aliphatic imine (C=N–C) groups is 1. The van der Waals surface area contributed by atoms with E-state index in [9.17, 15) is 4.79 Å². The van der Waals surface area contributed by atoms with Crippen LogP contribution in [-0.4, -0.2) is 63.2 Å². The van der Waals surface area contributed by atoms with Gasteiger partial charge in [-0.25, -0.2) is 14.8 Å². The topological polar surface area (TPSA) is 89.0 Å². The van der Waals surface area contributed by atoms with Crippen LogP contribution in [0.2, 0.25) is 0 Å². The Balaban J connectivity index is 1.47. The lowest BCUT2D eigenvalue weighted by Gasteiger charge is -2.36. The molecular weight excluding hydrogens is 368 g/mol. The van der Waals surface area contributed by atoms with Gasteiger partial charge in [0.05, 0.1) is 12.9 Å². The lowest BCUT2D eigenvalue weighted by atomic mass is 10.1. The second-order valence-electron chi connectivity index (χ2n) is 8.18. The lowest BCUT2D eigenvalue weighted by molar-refractivity contribution is 0.0186. The molecular formula is C21H30N6O2. The van der Waals surface area contributed by atoms with E-state index < -0.39 is 5.60 Å². The summed E-state index contributed by atoms with van der Waals surface area (Å²) in [6.45, 7) is 9.40. The van der Waals surface area contributed by atoms with Gasteiger partial charge in [-0.3, -0.25) is 0 Å². The van der Waals surface area contributed by atoms with Gasteiger partial charge in [-0.15, -0.1) is 0 Å². The Kier molecular flexibility index (Phi) is 6.41. The number of carbonyl (C=O) groups is 1. The average molecular weight is 399 g/mol. The first-order chi connectivity index (χ1) is 13.8. The highest BCUT2D eigenvalue weighted by molar-refractivity contribution is 5.78. The van der Waals surface area contributed by atoms with Crippen LogP contribution in [0.25, 0.3) is 0 Å². The zero-order chi connectivity index (χ0) is 20.9. The summed E-state index contributed by atoms with van der Waals surface area (Å²) < 4.78 is 7.45. The van der Waals surface area contributed by atoms with Gasteiger partial charge in [0.2, 0.25) is 0 Å². The van der Waals surface area contributed by atoms with Gasteiger partial charge in [-0.05, 0) is 31.9 Å². The Morgan fingerprint density at radius 3 is 2.31 bits per heavy atom. The van der Waals surface area contributed by atoms with Crippen molar-refractivity contribution in [3.8, 4) is 0 Å². The van der Waals surface area contributed by atoms with E-state index in [-0.39, 0.29) is 6.09 Å². The summed E-state index contributed by atoms with van der Waals surface area (Å²) in [4.78, 5) is 24.5. The second kappa shape index (κ2) is 8.98. The Labute approximate surface area is 172 Å². The molecule has 1 amide bonds. The number of carbonyl (C=O) groups excluding carboxylic acids is 1. The average Bonchev–Trinajstić information content (AvgIpc) is 3.19. The summed E-state index contributed by atoms with van der Waals surface area (Å²) in [7, 11) is 0. The van der Waals surface area contributed by atoms with Crippen molar-refractivity contribution in [3.05, 3.63) is 54.1 Å². The summed E-state index contributed by atoms with van der Waals surface area (Å²) in [5.41, 5.74) is 8.00. The zero-order valence-electron chi connectivity index (χ0n) is 17.4. The van der Waals surface area contributed by atoms with Crippen molar-refractivity contribution in [2.75, 3.05) is 26.2 Å². The SMILES string of the molecule is CC(C)(C)OC(=O)N1CCN(C(N)=NCc2ccc(Cn3ccnc3)cc2)CC1. The van der Waals surface area contributed by atoms with Crippen LogP contribution in [-0.2, 0) is 17.8 Å². The van der Waals surface area contributed by atoms with Gasteiger partial charge in [0, 0.05) is 45.1 Å². The number of aromatic nitrogens is 2. The number of hydrogen-bond acceptors (Lipinski definition) is 4. The van der Waals surface area contributed by atoms with E-state index in [0.29, 0.717) is 38.7 Å². The van der Waals surface area contributed by atoms with Crippen LogP contribution in [0.3, 0.4) is 0 Å². The molecule has 2 N–H and O–H groups in total. The van der Waals surface area contributed by atoms with E-state index in [4.69, 9.17) is 10.5 Å². The molecule has 1 aromatic heterocycles. The minimum Gasteiger partial charge on any atom is -0.444 e. The van der Waals surface area contributed by atoms with Crippen molar-refractivity contribution < 1.29 is 9.53 Å². The molecule has 3 rings (SSSR count). The van der Waals surface area contributed by atoms with Gasteiger partial charge < -0.3 is 24.8 Å². The van der Waals surface area contributed by atoms with Crippen molar-refractivity contribution in [1.82, 2.24) is 19.4 Å². The molecule has 8 nitrogen and oxygen atoms in total. The number of imidazole rings is 1. The molecule has 2 aromatic rings. The zero-order valence-corrected chi connectivity index (χ0v) is 17.4. The number of ether oxygens (including phenoxy) is 1. The number of benzene rings is 1. The second-order valence-corrected chi connectivity index (χ2v) is 8.18. The smallest absolute Gasteiger partial charge is 0.410 e. The highest BCUT2D eigenvalue weighted by Crippen LogP contribution is 2.12. The Hall–Kier alpha value is -3.03. The van der Waals surface area contributed by atoms with Crippen molar-refractivity contribution in [1.29, 1.82) is 0 Å². The molecule has 0 unspecified atom stereocenters. The van der Waals surface area contributed by atoms with Crippen LogP contribution in [0, 0.1) is 0 Å². The van der Waals surface area contributed by atoms with Crippen molar-refractivity contribution >= 4 is 12.1 Å². The molecule has 156 valence electrons. The maximum absolute atomic E-state index is 12.1. The molecule has 2 heterocycles. The molecule has 1 aliphatic heterocycles. The molecule has 0 spiro atoms. The molecule has 1 aromatic carbocycles. The van der Waals surface area contributed by atoms with Crippen LogP contribution >= 0.6 is 0 Å². The van der Waals surface area contributed by atoms with Crippen LogP contribution in [0.5, 0.6) is 0 Å². The molecule has 1 saturated heterocycles. The van der Waals surface area contributed by atoms with Crippen LogP contribution in [0.15, 0.2) is 48.0 Å². The van der Waals surface area contributed by atoms with Crippen LogP contribution in [0.1, 0.15) is 31.9 Å². The highest BCUT2D eigenvalue weighted by Gasteiger charge is 2.26. The largest absolute Gasteiger partial charge is 0.444 e. The molecule has 0 saturated carbocycles. The monoisotopic (exact) mass is 398 g/mol. The normalized spacial score (nSPS) is 15.5. The van der Waals surface area contributed by atoms with E-state index in [1.807, 2.05) is 42.8 Å². The van der Waals surface area contributed by atoms with Gasteiger partial charge in [-0.2, -0.15) is 0 Å². The number of nitrogens with two attached hydrogens (primary N) is 1. The first-order valence-corrected chi connectivity index (χ1v) is 9.86. The van der Waals surface area contributed by atoms with Crippen LogP contribution < -0.4 is 5.73 Å². The van der Waals surface area contributed by atoms with Crippen molar-refractivity contribution in [2.24, 2.45) is 10.7 Å². The fraction of sp³-hybridized carbons (Fsp3) is 0.476. The Morgan fingerprint density at radius 2 is 1.72 bits per heavy atom. The quantitative estimate of drug-likeness (QED) is 0.631. The standard InChI is InChI=1S/C21H30N6O2/c1-21(2,3)29-20(28)27-12-10-26(11-13-27)19(22)24-14-17-4-6-18(7-5-17)15-25-9-8-23-16-25/h4-9,16H,10-15H2,1-3H3,(H2,22,24). The number of hydrogen-bond donors (Lipinski definition) is 1. The third kappa shape index (κ3) is 6.23. The summed E-state index contributed by atoms with van der Waals surface area (Å²) >= 11 is 0. The van der Waals surface area contributed by atoms with Crippen molar-refractivity contribution in [2.45, 2.75) is 39.5 Å². The number of rotatable bonds is 4. The first-order valence-electron chi connectivity index (χ1n) is 9.86. The molecule has 8 heteroatoms. The molecule has 0 atom stereocenters. The molecule has 1 fully saturated rings. The van der Waals surface area contributed by atoms with E-state index in [1.165, 1.54) is 5.56 Å². The lowest BCUT2D eigenvalue weighted by Crippen LogP contribution is -2.53. The maximum Gasteiger partial charge on any atom is 0.410 e. The fourth-order valence-electron chi connectivity index (χ4n) is 3.06. The van der Waals surface area contributed by atoms with Gasteiger partial charge in [0.15, 0.2) is 5.96 Å². The third-order valence-electron chi connectivity index (χ3n) is 4.63. The summed E-state index contributed by atoms with van der Waals surface area (Å²) in [6, 6.07) is 8.34. The molecule has 29 heavy (non-hydrogen) atoms. The summed E-state index contributed by atoms with van der Waals surface area (Å²) in [5.74, 6) is 0.510. The predicted molar refractivity (Wildman–Crippen MR) is 112 cm³/mol. The van der Waals surface area contributed by atoms with Gasteiger partial charge >= 0.3 is 6.09 Å². The third-order valence-corrected chi connectivity index (χ3v) is 4.63. The molecule has 0 radical (unpaired) electrons. The van der Waals surface area contributed by atoms with Crippen molar-refractivity contribution in [3.63, 3.8) is 0 Å². The Morgan fingerprint density at radius 1 is 1.10 bits per heavy atom. The number of guanidine groups is 1. The minimum atomic E-state index is -0.483. The fourth-order valence-corrected chi connectivity index (χ4v) is 3.06. The first kappa shape index (κ1) is 20.7. The van der Waals surface area contributed by atoms with E-state index in [1.54, 1.807) is 11.1 Å². The van der Waals surface area contributed by atoms with Gasteiger partial charge in [-0.1, -0.05) is 24.3 Å². The molecule has 0 aliphatic carbocycles. The molecule has 1 aliphatic rings. The number of piperazine rings is 1. The van der Waals surface area contributed by atoms with E-state index >= 15 is 0 Å². The Bertz CT molecular complexity index is 816. The van der Waals surface area contributed by atoms with Gasteiger partial charge in [0.25, 0.3) is 0 Å². The number of amides is 1. The maximum atomic E-state index is 12.1. The number of nitrogens with zero attached hydrogens (tertiary/aromatic N) is 5. The van der Waals surface area contributed by atoms with E-state index in [2.05, 4.69) is 34.2 Å². The summed E-state index contributed by atoms with van der Waals surface area (Å²) in [6.07, 6.45) is 5.26.